The van der Waals surface area contributed by atoms with Gasteiger partial charge in [0.05, 0.1) is 18.2 Å². The lowest BCUT2D eigenvalue weighted by molar-refractivity contribution is -0.133. The van der Waals surface area contributed by atoms with E-state index in [1.807, 2.05) is 24.3 Å². The molecule has 0 aromatic heterocycles. The first-order valence-electron chi connectivity index (χ1n) is 7.72. The zero-order valence-electron chi connectivity index (χ0n) is 13.4. The maximum Gasteiger partial charge on any atom is 0.235 e. The summed E-state index contributed by atoms with van der Waals surface area (Å²) in [5.74, 6) is -0.781. The van der Waals surface area contributed by atoms with Crippen molar-refractivity contribution in [3.05, 3.63) is 35.4 Å². The fourth-order valence-corrected chi connectivity index (χ4v) is 4.03. The van der Waals surface area contributed by atoms with E-state index in [9.17, 15) is 18.0 Å². The van der Waals surface area contributed by atoms with Crippen LogP contribution in [0, 0.1) is 0 Å². The maximum atomic E-state index is 12.2. The fraction of sp³-hybridized carbons (Fsp3) is 0.500. The molecule has 1 aromatic rings. The van der Waals surface area contributed by atoms with E-state index in [1.165, 1.54) is 6.92 Å². The highest BCUT2D eigenvalue weighted by Crippen LogP contribution is 2.32. The number of hydrogen-bond acceptors (Lipinski definition) is 4. The highest BCUT2D eigenvalue weighted by molar-refractivity contribution is 7.90. The second-order valence-corrected chi connectivity index (χ2v) is 7.57. The minimum absolute atomic E-state index is 0.0560. The normalized spacial score (nSPS) is 17.5. The predicted molar refractivity (Wildman–Crippen MR) is 87.1 cm³/mol. The Morgan fingerprint density at radius 2 is 2.00 bits per heavy atom. The number of hydrogen-bond donors (Lipinski definition) is 1. The van der Waals surface area contributed by atoms with Gasteiger partial charge in [-0.3, -0.25) is 14.3 Å². The van der Waals surface area contributed by atoms with Gasteiger partial charge in [-0.15, -0.1) is 0 Å². The molecule has 23 heavy (non-hydrogen) atoms. The topological polar surface area (TPSA) is 83.6 Å². The first-order valence-corrected chi connectivity index (χ1v) is 9.37. The van der Waals surface area contributed by atoms with Crippen molar-refractivity contribution in [3.8, 4) is 0 Å². The molecule has 0 bridgehead atoms. The lowest BCUT2D eigenvalue weighted by atomic mass is 9.90. The van der Waals surface area contributed by atoms with Gasteiger partial charge in [-0.25, -0.2) is 8.42 Å². The lowest BCUT2D eigenvalue weighted by Gasteiger charge is -2.36. The minimum atomic E-state index is -3.60. The highest BCUT2D eigenvalue weighted by Gasteiger charge is 2.31. The van der Waals surface area contributed by atoms with Gasteiger partial charge >= 0.3 is 0 Å². The number of amides is 2. The Morgan fingerprint density at radius 3 is 2.65 bits per heavy atom. The van der Waals surface area contributed by atoms with Gasteiger partial charge in [0.1, 0.15) is 0 Å². The van der Waals surface area contributed by atoms with Crippen molar-refractivity contribution in [2.75, 3.05) is 12.3 Å². The molecule has 0 spiro atoms. The summed E-state index contributed by atoms with van der Waals surface area (Å²) < 4.78 is 25.6. The molecular weight excluding hydrogens is 316 g/mol. The third-order valence-corrected chi connectivity index (χ3v) is 5.42. The van der Waals surface area contributed by atoms with Crippen molar-refractivity contribution in [2.24, 2.45) is 0 Å². The number of nitrogens with zero attached hydrogens (tertiary/aromatic N) is 1. The Kier molecular flexibility index (Phi) is 5.41. The molecule has 1 unspecified atom stereocenters. The summed E-state index contributed by atoms with van der Waals surface area (Å²) >= 11 is 0. The van der Waals surface area contributed by atoms with Crippen LogP contribution in [0.5, 0.6) is 0 Å². The van der Waals surface area contributed by atoms with Gasteiger partial charge in [0.15, 0.2) is 0 Å². The van der Waals surface area contributed by atoms with Crippen molar-refractivity contribution in [1.29, 1.82) is 0 Å². The standard InChI is InChI=1S/C16H22N2O4S/c1-3-10-23(21,22)17-16(20)11-15-14-7-5-4-6-13(14)8-9-18(15)12(2)19/h4-7,15H,3,8-11H2,1-2H3,(H,17,20). The molecule has 2 amide bonds. The average molecular weight is 338 g/mol. The van der Waals surface area contributed by atoms with Crippen molar-refractivity contribution in [1.82, 2.24) is 9.62 Å². The van der Waals surface area contributed by atoms with Crippen LogP contribution in [0.3, 0.4) is 0 Å². The first-order chi connectivity index (χ1) is 10.8. The Bertz CT molecular complexity index is 700. The van der Waals surface area contributed by atoms with Gasteiger partial charge in [-0.05, 0) is 24.0 Å². The first kappa shape index (κ1) is 17.5. The zero-order chi connectivity index (χ0) is 17.0. The summed E-state index contributed by atoms with van der Waals surface area (Å²) in [4.78, 5) is 25.6. The van der Waals surface area contributed by atoms with Crippen molar-refractivity contribution < 1.29 is 18.0 Å². The lowest BCUT2D eigenvalue weighted by Crippen LogP contribution is -2.42. The molecule has 0 aliphatic carbocycles. The molecule has 1 aliphatic rings. The van der Waals surface area contributed by atoms with Crippen LogP contribution in [0.4, 0.5) is 0 Å². The molecule has 1 N–H and O–H groups in total. The smallest absolute Gasteiger partial charge is 0.235 e. The van der Waals surface area contributed by atoms with E-state index in [1.54, 1.807) is 11.8 Å². The van der Waals surface area contributed by atoms with Gasteiger partial charge in [-0.2, -0.15) is 0 Å². The Hall–Kier alpha value is -1.89. The number of fused-ring (bicyclic) bond motifs is 1. The molecule has 0 saturated heterocycles. The number of nitrogens with one attached hydrogen (secondary N) is 1. The molecule has 1 aromatic carbocycles. The van der Waals surface area contributed by atoms with Crippen LogP contribution < -0.4 is 4.72 Å². The zero-order valence-corrected chi connectivity index (χ0v) is 14.2. The van der Waals surface area contributed by atoms with E-state index in [0.717, 1.165) is 17.5 Å². The van der Waals surface area contributed by atoms with E-state index >= 15 is 0 Å². The molecule has 126 valence electrons. The van der Waals surface area contributed by atoms with Crippen molar-refractivity contribution >= 4 is 21.8 Å². The van der Waals surface area contributed by atoms with Gasteiger partial charge in [0.25, 0.3) is 0 Å². The molecule has 6 nitrogen and oxygen atoms in total. The Balaban J connectivity index is 2.21. The van der Waals surface area contributed by atoms with Crippen molar-refractivity contribution in [2.45, 2.75) is 39.2 Å². The summed E-state index contributed by atoms with van der Waals surface area (Å²) in [6.07, 6.45) is 1.12. The Morgan fingerprint density at radius 1 is 1.30 bits per heavy atom. The SMILES string of the molecule is CCCS(=O)(=O)NC(=O)CC1c2ccccc2CCN1C(C)=O. The number of carbonyl (C=O) groups excluding carboxylic acids is 2. The van der Waals surface area contributed by atoms with E-state index in [0.29, 0.717) is 13.0 Å². The summed E-state index contributed by atoms with van der Waals surface area (Å²) in [7, 11) is -3.60. The molecular formula is C16H22N2O4S. The second-order valence-electron chi connectivity index (χ2n) is 5.73. The second kappa shape index (κ2) is 7.12. The third kappa shape index (κ3) is 4.31. The van der Waals surface area contributed by atoms with Crippen LogP contribution >= 0.6 is 0 Å². The molecule has 0 saturated carbocycles. The van der Waals surface area contributed by atoms with E-state index in [2.05, 4.69) is 4.72 Å². The molecule has 0 radical (unpaired) electrons. The molecule has 0 fully saturated rings. The van der Waals surface area contributed by atoms with Gasteiger partial charge in [-0.1, -0.05) is 31.2 Å². The maximum absolute atomic E-state index is 12.2. The van der Waals surface area contributed by atoms with Crippen LogP contribution in [-0.4, -0.2) is 37.4 Å². The van der Waals surface area contributed by atoms with E-state index in [-0.39, 0.29) is 18.1 Å². The van der Waals surface area contributed by atoms with Crippen LogP contribution in [0.25, 0.3) is 0 Å². The highest BCUT2D eigenvalue weighted by atomic mass is 32.2. The molecule has 1 heterocycles. The summed E-state index contributed by atoms with van der Waals surface area (Å²) in [5.41, 5.74) is 2.01. The monoisotopic (exact) mass is 338 g/mol. The Labute approximate surface area is 136 Å². The predicted octanol–water partition coefficient (Wildman–Crippen LogP) is 1.38. The van der Waals surface area contributed by atoms with Gasteiger partial charge in [0.2, 0.25) is 21.8 Å². The van der Waals surface area contributed by atoms with E-state index < -0.39 is 22.0 Å². The molecule has 2 rings (SSSR count). The molecule has 1 aliphatic heterocycles. The summed E-state index contributed by atoms with van der Waals surface area (Å²) in [5, 5.41) is 0. The summed E-state index contributed by atoms with van der Waals surface area (Å²) in [6.45, 7) is 3.73. The van der Waals surface area contributed by atoms with Crippen LogP contribution in [0.15, 0.2) is 24.3 Å². The molecule has 1 atom stereocenters. The summed E-state index contributed by atoms with van der Waals surface area (Å²) in [6, 6.07) is 7.23. The minimum Gasteiger partial charge on any atom is -0.335 e. The number of rotatable bonds is 5. The van der Waals surface area contributed by atoms with Gasteiger partial charge < -0.3 is 4.90 Å². The fourth-order valence-electron chi connectivity index (χ4n) is 2.96. The van der Waals surface area contributed by atoms with Gasteiger partial charge in [0, 0.05) is 13.5 Å². The number of carbonyl (C=O) groups is 2. The average Bonchev–Trinajstić information content (AvgIpc) is 2.46. The van der Waals surface area contributed by atoms with Crippen molar-refractivity contribution in [3.63, 3.8) is 0 Å². The number of benzene rings is 1. The van der Waals surface area contributed by atoms with Crippen LogP contribution in [0.1, 0.15) is 43.9 Å². The quantitative estimate of drug-likeness (QED) is 0.879. The molecule has 7 heteroatoms. The largest absolute Gasteiger partial charge is 0.335 e. The third-order valence-electron chi connectivity index (χ3n) is 3.94. The number of sulfonamides is 1. The van der Waals surface area contributed by atoms with E-state index in [4.69, 9.17) is 0 Å². The van der Waals surface area contributed by atoms with Crippen LogP contribution in [-0.2, 0) is 26.0 Å². The van der Waals surface area contributed by atoms with Crippen LogP contribution in [0.2, 0.25) is 0 Å².